The standard InChI is InChI=1S/C15H17N5OS/c1-4-20-15(17-18-19-20)22-10(3)14(21)13-9(2)16-12-8-6-5-7-11(12)13/h5-8,10,16H,4H2,1-3H3/t10-/m1/s1. The third kappa shape index (κ3) is 2.52. The van der Waals surface area contributed by atoms with Crippen molar-refractivity contribution in [2.45, 2.75) is 37.7 Å². The number of hydrogen-bond acceptors (Lipinski definition) is 5. The first kappa shape index (κ1) is 14.8. The summed E-state index contributed by atoms with van der Waals surface area (Å²) in [6, 6.07) is 7.86. The Morgan fingerprint density at radius 3 is 2.95 bits per heavy atom. The molecule has 114 valence electrons. The normalized spacial score (nSPS) is 12.7. The van der Waals surface area contributed by atoms with Crippen LogP contribution in [-0.2, 0) is 6.54 Å². The van der Waals surface area contributed by atoms with Crippen molar-refractivity contribution >= 4 is 28.4 Å². The number of ketones is 1. The van der Waals surface area contributed by atoms with E-state index in [2.05, 4.69) is 20.5 Å². The number of para-hydroxylation sites is 1. The van der Waals surface area contributed by atoms with Crippen molar-refractivity contribution in [3.8, 4) is 0 Å². The lowest BCUT2D eigenvalue weighted by Gasteiger charge is -2.09. The molecule has 0 amide bonds. The first-order valence-corrected chi connectivity index (χ1v) is 8.04. The molecule has 0 spiro atoms. The number of benzene rings is 1. The van der Waals surface area contributed by atoms with E-state index >= 15 is 0 Å². The number of fused-ring (bicyclic) bond motifs is 1. The Balaban J connectivity index is 1.90. The molecule has 2 aromatic heterocycles. The predicted molar refractivity (Wildman–Crippen MR) is 86.2 cm³/mol. The number of hydrogen-bond donors (Lipinski definition) is 1. The summed E-state index contributed by atoms with van der Waals surface area (Å²) in [6.45, 7) is 6.47. The van der Waals surface area contributed by atoms with Crippen LogP contribution in [-0.4, -0.2) is 36.2 Å². The fraction of sp³-hybridized carbons (Fsp3) is 0.333. The fourth-order valence-electron chi connectivity index (χ4n) is 2.49. The summed E-state index contributed by atoms with van der Waals surface area (Å²) in [5.41, 5.74) is 2.64. The topological polar surface area (TPSA) is 76.5 Å². The van der Waals surface area contributed by atoms with Crippen LogP contribution in [0.2, 0.25) is 0 Å². The number of tetrazole rings is 1. The average Bonchev–Trinajstić information content (AvgIpc) is 3.09. The molecule has 0 unspecified atom stereocenters. The third-order valence-corrected chi connectivity index (χ3v) is 4.66. The van der Waals surface area contributed by atoms with Crippen LogP contribution in [0.5, 0.6) is 0 Å². The molecule has 0 radical (unpaired) electrons. The van der Waals surface area contributed by atoms with Gasteiger partial charge in [0.05, 0.1) is 5.25 Å². The molecule has 0 saturated carbocycles. The molecule has 0 aliphatic heterocycles. The van der Waals surface area contributed by atoms with Crippen LogP contribution < -0.4 is 0 Å². The van der Waals surface area contributed by atoms with Gasteiger partial charge in [-0.3, -0.25) is 4.79 Å². The van der Waals surface area contributed by atoms with Crippen molar-refractivity contribution in [2.75, 3.05) is 0 Å². The summed E-state index contributed by atoms with van der Waals surface area (Å²) >= 11 is 1.39. The average molecular weight is 315 g/mol. The highest BCUT2D eigenvalue weighted by atomic mass is 32.2. The lowest BCUT2D eigenvalue weighted by molar-refractivity contribution is 0.0995. The number of H-pyrrole nitrogens is 1. The first-order chi connectivity index (χ1) is 10.6. The Kier molecular flexibility index (Phi) is 3.98. The summed E-state index contributed by atoms with van der Waals surface area (Å²) in [5.74, 6) is 0.0885. The number of aryl methyl sites for hydroxylation is 2. The molecule has 0 aliphatic carbocycles. The van der Waals surface area contributed by atoms with E-state index in [1.54, 1.807) is 4.68 Å². The molecule has 0 bridgehead atoms. The Morgan fingerprint density at radius 1 is 1.41 bits per heavy atom. The smallest absolute Gasteiger partial charge is 0.210 e. The zero-order valence-electron chi connectivity index (χ0n) is 12.7. The predicted octanol–water partition coefficient (Wildman–Crippen LogP) is 2.85. The van der Waals surface area contributed by atoms with Gasteiger partial charge in [0.1, 0.15) is 0 Å². The van der Waals surface area contributed by atoms with Gasteiger partial charge < -0.3 is 4.98 Å². The Morgan fingerprint density at radius 2 is 2.18 bits per heavy atom. The number of rotatable bonds is 5. The molecule has 0 aliphatic rings. The van der Waals surface area contributed by atoms with Gasteiger partial charge in [0.25, 0.3) is 0 Å². The highest BCUT2D eigenvalue weighted by Gasteiger charge is 2.24. The van der Waals surface area contributed by atoms with E-state index in [-0.39, 0.29) is 11.0 Å². The second-order valence-electron chi connectivity index (χ2n) is 5.07. The summed E-state index contributed by atoms with van der Waals surface area (Å²) in [4.78, 5) is 16.1. The Bertz CT molecular complexity index is 822. The number of aromatic amines is 1. The van der Waals surface area contributed by atoms with Gasteiger partial charge in [-0.15, -0.1) is 5.10 Å². The van der Waals surface area contributed by atoms with E-state index in [0.29, 0.717) is 11.7 Å². The Labute approximate surface area is 132 Å². The fourth-order valence-corrected chi connectivity index (χ4v) is 3.40. The van der Waals surface area contributed by atoms with Crippen LogP contribution >= 0.6 is 11.8 Å². The second kappa shape index (κ2) is 5.92. The summed E-state index contributed by atoms with van der Waals surface area (Å²) in [7, 11) is 0. The zero-order chi connectivity index (χ0) is 15.7. The van der Waals surface area contributed by atoms with Gasteiger partial charge in [-0.1, -0.05) is 30.0 Å². The second-order valence-corrected chi connectivity index (χ2v) is 6.38. The number of nitrogens with one attached hydrogen (secondary N) is 1. The molecule has 0 fully saturated rings. The summed E-state index contributed by atoms with van der Waals surface area (Å²) in [5, 5.41) is 12.9. The van der Waals surface area contributed by atoms with Crippen molar-refractivity contribution in [2.24, 2.45) is 0 Å². The largest absolute Gasteiger partial charge is 0.358 e. The number of nitrogens with zero attached hydrogens (tertiary/aromatic N) is 4. The van der Waals surface area contributed by atoms with Gasteiger partial charge in [0, 0.05) is 28.7 Å². The number of carbonyl (C=O) groups is 1. The van der Waals surface area contributed by atoms with Crippen LogP contribution in [0.15, 0.2) is 29.4 Å². The van der Waals surface area contributed by atoms with Crippen molar-refractivity contribution in [1.29, 1.82) is 0 Å². The van der Waals surface area contributed by atoms with Crippen LogP contribution in [0.3, 0.4) is 0 Å². The van der Waals surface area contributed by atoms with Gasteiger partial charge in [0.15, 0.2) is 5.78 Å². The van der Waals surface area contributed by atoms with Gasteiger partial charge in [-0.05, 0) is 37.3 Å². The molecule has 3 aromatic rings. The molecule has 1 atom stereocenters. The maximum absolute atomic E-state index is 12.8. The monoisotopic (exact) mass is 315 g/mol. The van der Waals surface area contributed by atoms with E-state index in [1.807, 2.05) is 45.0 Å². The van der Waals surface area contributed by atoms with E-state index in [1.165, 1.54) is 11.8 Å². The van der Waals surface area contributed by atoms with Crippen molar-refractivity contribution in [3.63, 3.8) is 0 Å². The number of thioether (sulfide) groups is 1. The lowest BCUT2D eigenvalue weighted by atomic mass is 10.1. The minimum atomic E-state index is -0.255. The molecule has 1 N–H and O–H groups in total. The Hall–Kier alpha value is -2.15. The van der Waals surface area contributed by atoms with Crippen LogP contribution in [0, 0.1) is 6.92 Å². The van der Waals surface area contributed by atoms with E-state index in [4.69, 9.17) is 0 Å². The molecule has 2 heterocycles. The third-order valence-electron chi connectivity index (χ3n) is 3.59. The molecule has 3 rings (SSSR count). The van der Waals surface area contributed by atoms with E-state index < -0.39 is 0 Å². The van der Waals surface area contributed by atoms with E-state index in [0.717, 1.165) is 22.2 Å². The van der Waals surface area contributed by atoms with Gasteiger partial charge in [-0.25, -0.2) is 4.68 Å². The maximum Gasteiger partial charge on any atom is 0.210 e. The van der Waals surface area contributed by atoms with E-state index in [9.17, 15) is 4.79 Å². The molecule has 0 saturated heterocycles. The van der Waals surface area contributed by atoms with Crippen molar-refractivity contribution in [3.05, 3.63) is 35.5 Å². The molecular formula is C15H17N5OS. The molecule has 22 heavy (non-hydrogen) atoms. The molecule has 6 nitrogen and oxygen atoms in total. The van der Waals surface area contributed by atoms with Gasteiger partial charge >= 0.3 is 0 Å². The van der Waals surface area contributed by atoms with Crippen LogP contribution in [0.1, 0.15) is 29.9 Å². The SMILES string of the molecule is CCn1nnnc1S[C@H](C)C(=O)c1c(C)[nH]c2ccccc12. The van der Waals surface area contributed by atoms with Gasteiger partial charge in [0.2, 0.25) is 5.16 Å². The highest BCUT2D eigenvalue weighted by Crippen LogP contribution is 2.28. The number of aromatic nitrogens is 5. The quantitative estimate of drug-likeness (QED) is 0.579. The van der Waals surface area contributed by atoms with Crippen LogP contribution in [0.4, 0.5) is 0 Å². The lowest BCUT2D eigenvalue weighted by Crippen LogP contribution is -2.15. The molecular weight excluding hydrogens is 298 g/mol. The highest BCUT2D eigenvalue weighted by molar-refractivity contribution is 8.00. The zero-order valence-corrected chi connectivity index (χ0v) is 13.5. The summed E-state index contributed by atoms with van der Waals surface area (Å²) in [6.07, 6.45) is 0. The number of carbonyl (C=O) groups excluding carboxylic acids is 1. The minimum Gasteiger partial charge on any atom is -0.358 e. The van der Waals surface area contributed by atoms with Crippen molar-refractivity contribution < 1.29 is 4.79 Å². The summed E-state index contributed by atoms with van der Waals surface area (Å²) < 4.78 is 1.69. The minimum absolute atomic E-state index is 0.0885. The number of Topliss-reactive ketones (excluding diaryl/α,β-unsaturated/α-hetero) is 1. The molecule has 1 aromatic carbocycles. The van der Waals surface area contributed by atoms with Gasteiger partial charge in [-0.2, -0.15) is 0 Å². The molecule has 7 heteroatoms. The first-order valence-electron chi connectivity index (χ1n) is 7.16. The van der Waals surface area contributed by atoms with Crippen LogP contribution in [0.25, 0.3) is 10.9 Å². The maximum atomic E-state index is 12.8. The van der Waals surface area contributed by atoms with Crippen molar-refractivity contribution in [1.82, 2.24) is 25.2 Å².